The summed E-state index contributed by atoms with van der Waals surface area (Å²) in [7, 11) is 0. The molecule has 1 amide bonds. The topological polar surface area (TPSA) is 32.8 Å². The highest BCUT2D eigenvalue weighted by Gasteiger charge is 2.26. The maximum atomic E-state index is 12.3. The van der Waals surface area contributed by atoms with E-state index in [1.54, 1.807) is 11.8 Å². The first-order valence-electron chi connectivity index (χ1n) is 7.19. The van der Waals surface area contributed by atoms with Gasteiger partial charge in [0.15, 0.2) is 0 Å². The summed E-state index contributed by atoms with van der Waals surface area (Å²) in [6, 6.07) is 6.59. The third kappa shape index (κ3) is 3.44. The van der Waals surface area contributed by atoms with Crippen LogP contribution in [0.1, 0.15) is 6.92 Å². The van der Waals surface area contributed by atoms with Crippen LogP contribution in [0.2, 0.25) is 0 Å². The van der Waals surface area contributed by atoms with Crippen LogP contribution in [0.5, 0.6) is 0 Å². The Kier molecular flexibility index (Phi) is 4.88. The molecule has 0 aliphatic carbocycles. The SMILES string of the molecule is CC1COCCN1CCN1C(=O)CSc2ccc(Br)cc21. The van der Waals surface area contributed by atoms with Crippen molar-refractivity contribution in [1.82, 2.24) is 4.90 Å². The van der Waals surface area contributed by atoms with E-state index in [0.717, 1.165) is 43.0 Å². The fourth-order valence-corrected chi connectivity index (χ4v) is 4.01. The van der Waals surface area contributed by atoms with E-state index < -0.39 is 0 Å². The molecular weight excluding hydrogens is 352 g/mol. The molecule has 6 heteroatoms. The average molecular weight is 371 g/mol. The molecule has 1 aromatic rings. The van der Waals surface area contributed by atoms with Gasteiger partial charge in [-0.05, 0) is 25.1 Å². The molecule has 2 heterocycles. The number of hydrogen-bond donors (Lipinski definition) is 0. The number of ether oxygens (including phenoxy) is 1. The molecule has 4 nitrogen and oxygen atoms in total. The van der Waals surface area contributed by atoms with Gasteiger partial charge in [0.05, 0.1) is 24.7 Å². The molecule has 0 aromatic heterocycles. The van der Waals surface area contributed by atoms with E-state index >= 15 is 0 Å². The van der Waals surface area contributed by atoms with Crippen LogP contribution >= 0.6 is 27.7 Å². The summed E-state index contributed by atoms with van der Waals surface area (Å²) in [6.45, 7) is 6.34. The molecule has 1 fully saturated rings. The number of nitrogens with zero attached hydrogens (tertiary/aromatic N) is 2. The fourth-order valence-electron chi connectivity index (χ4n) is 2.74. The first-order chi connectivity index (χ1) is 10.1. The molecule has 21 heavy (non-hydrogen) atoms. The first kappa shape index (κ1) is 15.3. The minimum atomic E-state index is 0.200. The number of rotatable bonds is 3. The summed E-state index contributed by atoms with van der Waals surface area (Å²) < 4.78 is 6.48. The summed E-state index contributed by atoms with van der Waals surface area (Å²) in [5, 5.41) is 0. The lowest BCUT2D eigenvalue weighted by molar-refractivity contribution is -0.116. The molecule has 1 saturated heterocycles. The third-order valence-electron chi connectivity index (χ3n) is 3.98. The lowest BCUT2D eigenvalue weighted by Gasteiger charge is -2.36. The van der Waals surface area contributed by atoms with E-state index in [0.29, 0.717) is 11.8 Å². The van der Waals surface area contributed by atoms with Gasteiger partial charge in [-0.2, -0.15) is 0 Å². The second kappa shape index (κ2) is 6.69. The van der Waals surface area contributed by atoms with Crippen molar-refractivity contribution in [3.63, 3.8) is 0 Å². The number of carbonyl (C=O) groups excluding carboxylic acids is 1. The second-order valence-electron chi connectivity index (χ2n) is 5.41. The van der Waals surface area contributed by atoms with Gasteiger partial charge in [-0.3, -0.25) is 9.69 Å². The van der Waals surface area contributed by atoms with Crippen LogP contribution in [-0.4, -0.2) is 55.4 Å². The molecule has 0 N–H and O–H groups in total. The molecule has 2 aliphatic heterocycles. The number of hydrogen-bond acceptors (Lipinski definition) is 4. The van der Waals surface area contributed by atoms with Crippen molar-refractivity contribution in [2.75, 3.05) is 43.5 Å². The van der Waals surface area contributed by atoms with Gasteiger partial charge in [0.2, 0.25) is 5.91 Å². The second-order valence-corrected chi connectivity index (χ2v) is 7.34. The van der Waals surface area contributed by atoms with Gasteiger partial charge < -0.3 is 9.64 Å². The molecule has 0 bridgehead atoms. The number of halogens is 1. The van der Waals surface area contributed by atoms with E-state index in [9.17, 15) is 4.79 Å². The van der Waals surface area contributed by atoms with Crippen molar-refractivity contribution in [2.24, 2.45) is 0 Å². The molecule has 1 atom stereocenters. The van der Waals surface area contributed by atoms with E-state index in [-0.39, 0.29) is 5.91 Å². The smallest absolute Gasteiger partial charge is 0.237 e. The van der Waals surface area contributed by atoms with E-state index in [1.165, 1.54) is 4.90 Å². The minimum Gasteiger partial charge on any atom is -0.379 e. The molecular formula is C15H19BrN2O2S. The van der Waals surface area contributed by atoms with Gasteiger partial charge in [-0.25, -0.2) is 0 Å². The van der Waals surface area contributed by atoms with Crippen LogP contribution in [0.4, 0.5) is 5.69 Å². The Balaban J connectivity index is 1.72. The predicted octanol–water partition coefficient (Wildman–Crippen LogP) is 2.61. The molecule has 0 spiro atoms. The van der Waals surface area contributed by atoms with Gasteiger partial charge >= 0.3 is 0 Å². The van der Waals surface area contributed by atoms with Crippen LogP contribution in [0.25, 0.3) is 0 Å². The van der Waals surface area contributed by atoms with Gasteiger partial charge in [0.25, 0.3) is 0 Å². The highest BCUT2D eigenvalue weighted by atomic mass is 79.9. The Labute approximate surface area is 137 Å². The van der Waals surface area contributed by atoms with Crippen LogP contribution in [-0.2, 0) is 9.53 Å². The number of anilines is 1. The Morgan fingerprint density at radius 2 is 2.29 bits per heavy atom. The van der Waals surface area contributed by atoms with E-state index in [1.807, 2.05) is 17.0 Å². The Bertz CT molecular complexity index is 540. The summed E-state index contributed by atoms with van der Waals surface area (Å²) in [5.41, 5.74) is 1.03. The van der Waals surface area contributed by atoms with Gasteiger partial charge in [0.1, 0.15) is 0 Å². The Hall–Kier alpha value is -0.560. The minimum absolute atomic E-state index is 0.200. The van der Waals surface area contributed by atoms with Crippen molar-refractivity contribution in [3.8, 4) is 0 Å². The van der Waals surface area contributed by atoms with Crippen LogP contribution < -0.4 is 4.90 Å². The van der Waals surface area contributed by atoms with Crippen molar-refractivity contribution in [2.45, 2.75) is 17.9 Å². The fraction of sp³-hybridized carbons (Fsp3) is 0.533. The van der Waals surface area contributed by atoms with Crippen molar-refractivity contribution in [3.05, 3.63) is 22.7 Å². The highest BCUT2D eigenvalue weighted by Crippen LogP contribution is 2.37. The zero-order valence-corrected chi connectivity index (χ0v) is 14.5. The van der Waals surface area contributed by atoms with Gasteiger partial charge in [-0.1, -0.05) is 15.9 Å². The molecule has 1 unspecified atom stereocenters. The Morgan fingerprint density at radius 1 is 1.43 bits per heavy atom. The summed E-state index contributed by atoms with van der Waals surface area (Å²) in [5.74, 6) is 0.735. The van der Waals surface area contributed by atoms with Gasteiger partial charge in [0, 0.05) is 35.0 Å². The maximum Gasteiger partial charge on any atom is 0.237 e. The summed E-state index contributed by atoms with van der Waals surface area (Å²) in [6.07, 6.45) is 0. The van der Waals surface area contributed by atoms with Crippen molar-refractivity contribution < 1.29 is 9.53 Å². The lowest BCUT2D eigenvalue weighted by Crippen LogP contribution is -2.48. The molecule has 0 saturated carbocycles. The summed E-state index contributed by atoms with van der Waals surface area (Å²) >= 11 is 5.13. The molecule has 1 aromatic carbocycles. The van der Waals surface area contributed by atoms with Crippen LogP contribution in [0.15, 0.2) is 27.6 Å². The third-order valence-corrected chi connectivity index (χ3v) is 5.52. The average Bonchev–Trinajstić information content (AvgIpc) is 2.48. The lowest BCUT2D eigenvalue weighted by atomic mass is 10.2. The van der Waals surface area contributed by atoms with E-state index in [2.05, 4.69) is 33.8 Å². The Morgan fingerprint density at radius 3 is 3.10 bits per heavy atom. The highest BCUT2D eigenvalue weighted by molar-refractivity contribution is 9.10. The van der Waals surface area contributed by atoms with E-state index in [4.69, 9.17) is 4.74 Å². The van der Waals surface area contributed by atoms with Crippen molar-refractivity contribution in [1.29, 1.82) is 0 Å². The van der Waals surface area contributed by atoms with Crippen molar-refractivity contribution >= 4 is 39.3 Å². The quantitative estimate of drug-likeness (QED) is 0.818. The standard InChI is InChI=1S/C15H19BrN2O2S/c1-11-9-20-7-6-17(11)4-5-18-13-8-12(16)2-3-14(13)21-10-15(18)19/h2-3,8,11H,4-7,9-10H2,1H3. The maximum absolute atomic E-state index is 12.3. The number of amides is 1. The number of fused-ring (bicyclic) bond motifs is 1. The monoisotopic (exact) mass is 370 g/mol. The molecule has 0 radical (unpaired) electrons. The molecule has 114 valence electrons. The number of carbonyl (C=O) groups is 1. The zero-order valence-electron chi connectivity index (χ0n) is 12.0. The number of morpholine rings is 1. The summed E-state index contributed by atoms with van der Waals surface area (Å²) in [4.78, 5) is 17.8. The van der Waals surface area contributed by atoms with Crippen LogP contribution in [0.3, 0.4) is 0 Å². The number of thioether (sulfide) groups is 1. The predicted molar refractivity (Wildman–Crippen MR) is 89.1 cm³/mol. The molecule has 3 rings (SSSR count). The normalized spacial score (nSPS) is 23.2. The molecule has 2 aliphatic rings. The van der Waals surface area contributed by atoms with Crippen LogP contribution in [0, 0.1) is 0 Å². The first-order valence-corrected chi connectivity index (χ1v) is 8.97. The largest absolute Gasteiger partial charge is 0.379 e. The number of benzene rings is 1. The zero-order chi connectivity index (χ0) is 14.8. The van der Waals surface area contributed by atoms with Gasteiger partial charge in [-0.15, -0.1) is 11.8 Å².